The number of methoxy groups -OCH3 is 1. The largest absolute Gasteiger partial charge is 0.467 e. The summed E-state index contributed by atoms with van der Waals surface area (Å²) in [6.45, 7) is 3.85. The van der Waals surface area contributed by atoms with E-state index in [1.54, 1.807) is 11.8 Å². The molecule has 1 N–H and O–H groups in total. The van der Waals surface area contributed by atoms with Crippen LogP contribution < -0.4 is 5.32 Å². The Kier molecular flexibility index (Phi) is 4.58. The van der Waals surface area contributed by atoms with Gasteiger partial charge in [-0.1, -0.05) is 6.92 Å². The Labute approximate surface area is 123 Å². The monoisotopic (exact) mass is 297 g/mol. The molecule has 3 nitrogen and oxygen atoms in total. The maximum absolute atomic E-state index is 13.5. The fourth-order valence-corrected chi connectivity index (χ4v) is 3.91. The first-order chi connectivity index (χ1) is 9.48. The average Bonchev–Trinajstić information content (AvgIpc) is 2.39. The summed E-state index contributed by atoms with van der Waals surface area (Å²) >= 11 is 1.74. The molecule has 5 heteroatoms. The molecule has 2 atom stereocenters. The highest BCUT2D eigenvalue weighted by molar-refractivity contribution is 8.00. The Morgan fingerprint density at radius 1 is 1.50 bits per heavy atom. The van der Waals surface area contributed by atoms with Gasteiger partial charge in [-0.15, -0.1) is 0 Å². The topological polar surface area (TPSA) is 38.3 Å². The Morgan fingerprint density at radius 3 is 2.85 bits per heavy atom. The van der Waals surface area contributed by atoms with Crippen LogP contribution >= 0.6 is 11.8 Å². The number of rotatable bonds is 3. The fourth-order valence-electron chi connectivity index (χ4n) is 2.69. The molecular formula is C15H20FNO2S. The van der Waals surface area contributed by atoms with Gasteiger partial charge in [0, 0.05) is 10.9 Å². The van der Waals surface area contributed by atoms with Crippen LogP contribution in [-0.4, -0.2) is 29.6 Å². The summed E-state index contributed by atoms with van der Waals surface area (Å²) in [5, 5.41) is 3.32. The van der Waals surface area contributed by atoms with Crippen molar-refractivity contribution in [2.45, 2.75) is 37.5 Å². The maximum atomic E-state index is 13.5. The van der Waals surface area contributed by atoms with Crippen molar-refractivity contribution < 1.29 is 13.9 Å². The van der Waals surface area contributed by atoms with Crippen LogP contribution in [-0.2, 0) is 9.53 Å². The van der Waals surface area contributed by atoms with Gasteiger partial charge in [-0.05, 0) is 49.3 Å². The molecule has 1 heterocycles. The molecule has 0 bridgehead atoms. The quantitative estimate of drug-likeness (QED) is 0.868. The second kappa shape index (κ2) is 6.04. The lowest BCUT2D eigenvalue weighted by Crippen LogP contribution is -2.55. The summed E-state index contributed by atoms with van der Waals surface area (Å²) in [7, 11) is 1.40. The highest BCUT2D eigenvalue weighted by Crippen LogP contribution is 2.37. The van der Waals surface area contributed by atoms with Gasteiger partial charge in [0.2, 0.25) is 0 Å². The van der Waals surface area contributed by atoms with E-state index in [0.717, 1.165) is 17.7 Å². The molecule has 20 heavy (non-hydrogen) atoms. The highest BCUT2D eigenvalue weighted by Gasteiger charge is 2.46. The molecular weight excluding hydrogens is 277 g/mol. The van der Waals surface area contributed by atoms with E-state index in [9.17, 15) is 9.18 Å². The van der Waals surface area contributed by atoms with Crippen molar-refractivity contribution in [1.29, 1.82) is 0 Å². The van der Waals surface area contributed by atoms with Gasteiger partial charge in [0.15, 0.2) is 0 Å². The molecule has 1 fully saturated rings. The zero-order valence-corrected chi connectivity index (χ0v) is 12.8. The van der Waals surface area contributed by atoms with Crippen LogP contribution in [0, 0.1) is 12.7 Å². The molecule has 0 radical (unpaired) electrons. The molecule has 0 spiro atoms. The van der Waals surface area contributed by atoms with E-state index in [4.69, 9.17) is 4.74 Å². The number of hydrogen-bond donors (Lipinski definition) is 1. The Bertz CT molecular complexity index is 488. The van der Waals surface area contributed by atoms with Crippen LogP contribution in [0.1, 0.15) is 25.3 Å². The Hall–Kier alpha value is -1.23. The van der Waals surface area contributed by atoms with Gasteiger partial charge in [0.25, 0.3) is 0 Å². The summed E-state index contributed by atoms with van der Waals surface area (Å²) in [4.78, 5) is 12.3. The zero-order chi connectivity index (χ0) is 14.8. The molecule has 2 unspecified atom stereocenters. The second-order valence-electron chi connectivity index (χ2n) is 5.22. The van der Waals surface area contributed by atoms with Gasteiger partial charge >= 0.3 is 5.97 Å². The van der Waals surface area contributed by atoms with Crippen LogP contribution in [0.25, 0.3) is 0 Å². The van der Waals surface area contributed by atoms with Crippen molar-refractivity contribution in [3.8, 4) is 0 Å². The zero-order valence-electron chi connectivity index (χ0n) is 12.0. The number of esters is 1. The molecule has 0 amide bonds. The smallest absolute Gasteiger partial charge is 0.332 e. The minimum absolute atomic E-state index is 0.0762. The number of benzene rings is 1. The standard InChI is InChI=1S/C15H20FNO2S/c1-10-7-12(16)9-13(8-10)17-15(14(18)19-3)5-4-6-20-11(15)2/h7-9,11,17H,4-6H2,1-3H3. The average molecular weight is 297 g/mol. The van der Waals surface area contributed by atoms with Gasteiger partial charge in [0.1, 0.15) is 11.4 Å². The molecule has 1 aliphatic heterocycles. The summed E-state index contributed by atoms with van der Waals surface area (Å²) < 4.78 is 18.5. The van der Waals surface area contributed by atoms with Crippen LogP contribution in [0.3, 0.4) is 0 Å². The fraction of sp³-hybridized carbons (Fsp3) is 0.533. The lowest BCUT2D eigenvalue weighted by atomic mass is 9.89. The van der Waals surface area contributed by atoms with Crippen LogP contribution in [0.5, 0.6) is 0 Å². The highest BCUT2D eigenvalue weighted by atomic mass is 32.2. The van der Waals surface area contributed by atoms with Gasteiger partial charge in [-0.3, -0.25) is 0 Å². The number of thioether (sulfide) groups is 1. The number of carbonyl (C=O) groups excluding carboxylic acids is 1. The molecule has 2 rings (SSSR count). The van der Waals surface area contributed by atoms with Crippen molar-refractivity contribution in [2.75, 3.05) is 18.2 Å². The molecule has 1 aliphatic rings. The number of nitrogens with one attached hydrogen (secondary N) is 1. The van der Waals surface area contributed by atoms with Crippen molar-refractivity contribution in [3.05, 3.63) is 29.6 Å². The molecule has 0 aliphatic carbocycles. The third kappa shape index (κ3) is 2.92. The third-order valence-corrected chi connectivity index (χ3v) is 5.16. The Balaban J connectivity index is 2.34. The third-order valence-electron chi connectivity index (χ3n) is 3.74. The summed E-state index contributed by atoms with van der Waals surface area (Å²) in [5.74, 6) is 0.451. The summed E-state index contributed by atoms with van der Waals surface area (Å²) in [6, 6.07) is 4.73. The van der Waals surface area contributed by atoms with E-state index < -0.39 is 5.54 Å². The van der Waals surface area contributed by atoms with Gasteiger partial charge in [0.05, 0.1) is 7.11 Å². The number of anilines is 1. The van der Waals surface area contributed by atoms with Crippen molar-refractivity contribution in [1.82, 2.24) is 0 Å². The SMILES string of the molecule is COC(=O)C1(Nc2cc(C)cc(F)c2)CCCSC1C. The van der Waals surface area contributed by atoms with Crippen LogP contribution in [0.4, 0.5) is 10.1 Å². The van der Waals surface area contributed by atoms with Crippen molar-refractivity contribution >= 4 is 23.4 Å². The van der Waals surface area contributed by atoms with E-state index in [1.165, 1.54) is 19.2 Å². The summed E-state index contributed by atoms with van der Waals surface area (Å²) in [5.41, 5.74) is 0.670. The molecule has 0 saturated carbocycles. The lowest BCUT2D eigenvalue weighted by molar-refractivity contribution is -0.146. The minimum Gasteiger partial charge on any atom is -0.467 e. The molecule has 1 aromatic carbocycles. The normalized spacial score (nSPS) is 26.1. The van der Waals surface area contributed by atoms with E-state index in [1.807, 2.05) is 19.9 Å². The van der Waals surface area contributed by atoms with Gasteiger partial charge in [-0.25, -0.2) is 9.18 Å². The second-order valence-corrected chi connectivity index (χ2v) is 6.67. The molecule has 1 aromatic rings. The van der Waals surface area contributed by atoms with Gasteiger partial charge < -0.3 is 10.1 Å². The molecule has 110 valence electrons. The number of aryl methyl sites for hydroxylation is 1. The van der Waals surface area contributed by atoms with Crippen molar-refractivity contribution in [3.63, 3.8) is 0 Å². The first-order valence-corrected chi connectivity index (χ1v) is 7.78. The van der Waals surface area contributed by atoms with Crippen LogP contribution in [0.2, 0.25) is 0 Å². The number of halogens is 1. The Morgan fingerprint density at radius 2 is 2.25 bits per heavy atom. The van der Waals surface area contributed by atoms with Crippen molar-refractivity contribution in [2.24, 2.45) is 0 Å². The predicted octanol–water partition coefficient (Wildman–Crippen LogP) is 3.37. The van der Waals surface area contributed by atoms with Gasteiger partial charge in [-0.2, -0.15) is 11.8 Å². The van der Waals surface area contributed by atoms with Crippen LogP contribution in [0.15, 0.2) is 18.2 Å². The molecule has 1 saturated heterocycles. The van der Waals surface area contributed by atoms with E-state index in [0.29, 0.717) is 12.1 Å². The van der Waals surface area contributed by atoms with E-state index >= 15 is 0 Å². The number of ether oxygens (including phenoxy) is 1. The molecule has 0 aromatic heterocycles. The number of hydrogen-bond acceptors (Lipinski definition) is 4. The van der Waals surface area contributed by atoms with E-state index in [2.05, 4.69) is 5.32 Å². The minimum atomic E-state index is -0.780. The number of carbonyl (C=O) groups is 1. The predicted molar refractivity (Wildman–Crippen MR) is 80.7 cm³/mol. The first kappa shape index (κ1) is 15.2. The van der Waals surface area contributed by atoms with E-state index in [-0.39, 0.29) is 17.0 Å². The lowest BCUT2D eigenvalue weighted by Gasteiger charge is -2.40. The summed E-state index contributed by atoms with van der Waals surface area (Å²) in [6.07, 6.45) is 1.63. The maximum Gasteiger partial charge on any atom is 0.332 e. The first-order valence-electron chi connectivity index (χ1n) is 6.73.